The summed E-state index contributed by atoms with van der Waals surface area (Å²) in [4.78, 5) is 5.92. The van der Waals surface area contributed by atoms with Crippen molar-refractivity contribution in [1.82, 2.24) is 9.80 Å². The summed E-state index contributed by atoms with van der Waals surface area (Å²) in [6, 6.07) is 30.8. The predicted molar refractivity (Wildman–Crippen MR) is 373 cm³/mol. The molecule has 1 aliphatic heterocycles. The molecule has 0 N–H and O–H groups in total. The second-order valence-corrected chi connectivity index (χ2v) is 35.6. The summed E-state index contributed by atoms with van der Waals surface area (Å²) in [5, 5.41) is 0. The van der Waals surface area contributed by atoms with Gasteiger partial charge in [0, 0.05) is 47.8 Å². The first-order valence-electron chi connectivity index (χ1n) is 32.5. The van der Waals surface area contributed by atoms with Gasteiger partial charge in [-0.1, -0.05) is 317 Å². The molecule has 3 aliphatic rings. The summed E-state index contributed by atoms with van der Waals surface area (Å²) in [6.45, 7) is 75.6. The second-order valence-electron chi connectivity index (χ2n) is 35.6. The van der Waals surface area contributed by atoms with E-state index in [2.05, 4.69) is 327 Å². The average Bonchev–Trinajstić information content (AvgIpc) is 1.42. The molecule has 1 heterocycles. The molecule has 7 rings (SSSR count). The summed E-state index contributed by atoms with van der Waals surface area (Å²) in [6.07, 6.45) is 15.2. The van der Waals surface area contributed by atoms with Crippen molar-refractivity contribution in [3.8, 4) is 0 Å². The van der Waals surface area contributed by atoms with E-state index in [0.29, 0.717) is 0 Å². The summed E-state index contributed by atoms with van der Waals surface area (Å²) in [7, 11) is 0. The van der Waals surface area contributed by atoms with Crippen molar-refractivity contribution >= 4 is 12.4 Å². The van der Waals surface area contributed by atoms with E-state index in [-0.39, 0.29) is 102 Å². The molecule has 84 heavy (non-hydrogen) atoms. The van der Waals surface area contributed by atoms with Gasteiger partial charge in [-0.25, -0.2) is 0 Å². The number of nitrogens with zero attached hydrogens (tertiary/aromatic N) is 2. The van der Waals surface area contributed by atoms with Crippen LogP contribution in [0.25, 0.3) is 0 Å². The van der Waals surface area contributed by atoms with Crippen molar-refractivity contribution in [2.45, 2.75) is 287 Å². The molecule has 0 amide bonds. The summed E-state index contributed by atoms with van der Waals surface area (Å²) >= 11 is 0. The molecular weight excluding hydrogens is 1040 g/mol. The molecule has 3 heteroatoms. The van der Waals surface area contributed by atoms with Crippen molar-refractivity contribution in [2.75, 3.05) is 19.8 Å². The van der Waals surface area contributed by atoms with Crippen LogP contribution in [0.1, 0.15) is 298 Å². The van der Waals surface area contributed by atoms with Gasteiger partial charge < -0.3 is 0 Å². The van der Waals surface area contributed by atoms with Crippen LogP contribution in [0.2, 0.25) is 0 Å². The first-order valence-corrected chi connectivity index (χ1v) is 32.5. The lowest BCUT2D eigenvalue weighted by molar-refractivity contribution is 0.0770. The van der Waals surface area contributed by atoms with Gasteiger partial charge in [0.15, 0.2) is 0 Å². The van der Waals surface area contributed by atoms with Crippen LogP contribution >= 0.6 is 12.4 Å². The normalized spacial score (nSPS) is 23.2. The zero-order valence-electron chi connectivity index (χ0n) is 59.3. The van der Waals surface area contributed by atoms with Gasteiger partial charge in [-0.2, -0.15) is 0 Å². The van der Waals surface area contributed by atoms with Crippen LogP contribution < -0.4 is 0 Å². The highest BCUT2D eigenvalue weighted by atomic mass is 35.5. The van der Waals surface area contributed by atoms with E-state index in [0.717, 1.165) is 19.8 Å². The third-order valence-corrected chi connectivity index (χ3v) is 20.7. The predicted octanol–water partition coefficient (Wildman–Crippen LogP) is 22.3. The summed E-state index contributed by atoms with van der Waals surface area (Å²) in [5.74, 6) is 0.830. The van der Waals surface area contributed by atoms with Crippen LogP contribution in [0.4, 0.5) is 0 Å². The Balaban J connectivity index is 0.0000113. The largest absolute Gasteiger partial charge is 0.282 e. The third kappa shape index (κ3) is 14.5. The zero-order chi connectivity index (χ0) is 62.6. The first-order chi connectivity index (χ1) is 37.6. The fourth-order valence-electron chi connectivity index (χ4n) is 13.8. The fourth-order valence-corrected chi connectivity index (χ4v) is 13.8. The lowest BCUT2D eigenvalue weighted by Gasteiger charge is -2.51. The molecule has 1 fully saturated rings. The Bertz CT molecular complexity index is 2790. The zero-order valence-corrected chi connectivity index (χ0v) is 60.1. The van der Waals surface area contributed by atoms with Crippen molar-refractivity contribution in [2.24, 2.45) is 10.8 Å². The highest BCUT2D eigenvalue weighted by molar-refractivity contribution is 5.85. The first kappa shape index (κ1) is 69.2. The Labute approximate surface area is 523 Å². The lowest BCUT2D eigenvalue weighted by atomic mass is 9.62. The van der Waals surface area contributed by atoms with Crippen LogP contribution in [-0.4, -0.2) is 41.6 Å². The molecular formula is C81H121ClN2. The van der Waals surface area contributed by atoms with Gasteiger partial charge in [0.05, 0.1) is 6.67 Å². The Hall–Kier alpha value is -3.95. The number of allylic oxidation sites excluding steroid dienone is 4. The van der Waals surface area contributed by atoms with Crippen LogP contribution in [0.3, 0.4) is 0 Å². The van der Waals surface area contributed by atoms with E-state index in [1.54, 1.807) is 0 Å². The molecule has 462 valence electrons. The number of hydrogen-bond donors (Lipinski definition) is 0. The minimum Gasteiger partial charge on any atom is -0.282 e. The Morgan fingerprint density at radius 2 is 0.536 bits per heavy atom. The monoisotopic (exact) mass is 1160 g/mol. The standard InChI is InChI=1S/C81H120N2.ClH/c1-52(56-39-60(72(5,6)7)47-61(40-56)73(8,9)10)68-33-31-35-80(29,54(3)58-43-64(76(17,18)19)49-65(44-58)77(20,21)22)70(68)82-37-38-83(51-82)71-69(53(2)57-41-62(74(11,12)13)48-63(42-57)75(14,15)16)34-32-36-81(71,30)55(4)59-45-66(78(23,24)25)50-67(46-59)79(26,27)28;/h31-36,39-50,52-55,70-71H,37-38,51H2,1-30H3;1H/t52-,53-,54-,55-,70?,71?,80?,81?;/m1./s1. The van der Waals surface area contributed by atoms with E-state index >= 15 is 0 Å². The highest BCUT2D eigenvalue weighted by Crippen LogP contribution is 2.55. The smallest absolute Gasteiger partial charge is 0.0519 e. The fraction of sp³-hybridized carbons (Fsp3) is 0.605. The quantitative estimate of drug-likeness (QED) is 0.156. The third-order valence-electron chi connectivity index (χ3n) is 20.7. The van der Waals surface area contributed by atoms with Crippen molar-refractivity contribution in [1.29, 1.82) is 0 Å². The van der Waals surface area contributed by atoms with Gasteiger partial charge >= 0.3 is 0 Å². The molecule has 4 aromatic rings. The van der Waals surface area contributed by atoms with Gasteiger partial charge in [0.25, 0.3) is 0 Å². The number of benzene rings is 4. The van der Waals surface area contributed by atoms with Gasteiger partial charge in [0.2, 0.25) is 0 Å². The molecule has 1 saturated heterocycles. The minimum absolute atomic E-state index is 0. The average molecular weight is 1160 g/mol. The van der Waals surface area contributed by atoms with Crippen LogP contribution in [-0.2, 0) is 43.3 Å². The minimum atomic E-state index is -0.239. The SMILES string of the molecule is C[C@H](c1cc(C(C)(C)C)cc(C(C)(C)C)c1)C1(C)C=CC=C([C@H](C)c2cc(C(C)(C)C)cc(C(C)(C)C)c2)C1N1CCN(C2C([C@H](C)c3cc(C(C)(C)C)cc(C(C)(C)C)c3)=CC=CC2(C)[C@H](C)c2cc(C(C)(C)C)cc(C(C)(C)C)c2)C1.Cl. The van der Waals surface area contributed by atoms with E-state index in [9.17, 15) is 0 Å². The number of halogens is 1. The Kier molecular flexibility index (Phi) is 19.4. The molecule has 0 bridgehead atoms. The van der Waals surface area contributed by atoms with Gasteiger partial charge in [-0.15, -0.1) is 12.4 Å². The molecule has 0 radical (unpaired) electrons. The summed E-state index contributed by atoms with van der Waals surface area (Å²) < 4.78 is 0. The Morgan fingerprint density at radius 3 is 0.738 bits per heavy atom. The molecule has 8 atom stereocenters. The number of hydrogen-bond acceptors (Lipinski definition) is 2. The van der Waals surface area contributed by atoms with E-state index < -0.39 is 0 Å². The van der Waals surface area contributed by atoms with Crippen molar-refractivity contribution in [3.05, 3.63) is 187 Å². The Morgan fingerprint density at radius 1 is 0.333 bits per heavy atom. The molecule has 0 saturated carbocycles. The molecule has 4 unspecified atom stereocenters. The highest BCUT2D eigenvalue weighted by Gasteiger charge is 2.52. The van der Waals surface area contributed by atoms with Crippen molar-refractivity contribution in [3.63, 3.8) is 0 Å². The van der Waals surface area contributed by atoms with Crippen molar-refractivity contribution < 1.29 is 0 Å². The van der Waals surface area contributed by atoms with E-state index in [1.807, 2.05) is 0 Å². The maximum absolute atomic E-state index is 2.96. The molecule has 4 aromatic carbocycles. The lowest BCUT2D eigenvalue weighted by Crippen LogP contribution is -2.53. The molecule has 2 aliphatic carbocycles. The van der Waals surface area contributed by atoms with Gasteiger partial charge in [0.1, 0.15) is 0 Å². The maximum Gasteiger partial charge on any atom is 0.0519 e. The summed E-state index contributed by atoms with van der Waals surface area (Å²) in [5.41, 5.74) is 19.9. The maximum atomic E-state index is 2.96. The topological polar surface area (TPSA) is 6.48 Å². The van der Waals surface area contributed by atoms with Gasteiger partial charge in [-0.3, -0.25) is 9.80 Å². The van der Waals surface area contributed by atoms with Gasteiger partial charge in [-0.05, 0) is 133 Å². The molecule has 0 aromatic heterocycles. The molecule has 2 nitrogen and oxygen atoms in total. The van der Waals surface area contributed by atoms with Crippen LogP contribution in [0, 0.1) is 10.8 Å². The van der Waals surface area contributed by atoms with E-state index in [4.69, 9.17) is 0 Å². The second kappa shape index (κ2) is 23.5. The van der Waals surface area contributed by atoms with Crippen LogP contribution in [0.15, 0.2) is 120 Å². The molecule has 0 spiro atoms. The van der Waals surface area contributed by atoms with Crippen LogP contribution in [0.5, 0.6) is 0 Å². The van der Waals surface area contributed by atoms with E-state index in [1.165, 1.54) is 77.9 Å². The number of rotatable bonds is 10.